The highest BCUT2D eigenvalue weighted by Gasteiger charge is 2.06. The van der Waals surface area contributed by atoms with E-state index in [0.29, 0.717) is 17.0 Å². The van der Waals surface area contributed by atoms with Crippen LogP contribution in [0, 0.1) is 0 Å². The second-order valence-corrected chi connectivity index (χ2v) is 3.47. The molecule has 2 rings (SSSR count). The van der Waals surface area contributed by atoms with Gasteiger partial charge in [-0.1, -0.05) is 11.3 Å². The molecule has 1 aromatic carbocycles. The zero-order valence-corrected chi connectivity index (χ0v) is 7.68. The van der Waals surface area contributed by atoms with Gasteiger partial charge in [0, 0.05) is 12.1 Å². The molecule has 0 aliphatic heterocycles. The van der Waals surface area contributed by atoms with Gasteiger partial charge in [0.15, 0.2) is 5.58 Å². The average Bonchev–Trinajstić information content (AvgIpc) is 2.42. The van der Waals surface area contributed by atoms with Crippen molar-refractivity contribution in [2.75, 3.05) is 12.8 Å². The van der Waals surface area contributed by atoms with Crippen LogP contribution in [-0.2, 0) is 0 Å². The Morgan fingerprint density at radius 3 is 3.00 bits per heavy atom. The first-order chi connectivity index (χ1) is 6.20. The molecule has 1 heterocycles. The number of hydrogen-bond acceptors (Lipinski definition) is 5. The molecular weight excluding hydrogens is 190 g/mol. The summed E-state index contributed by atoms with van der Waals surface area (Å²) in [6.07, 6.45) is 0. The topological polar surface area (TPSA) is 65.5 Å². The highest BCUT2D eigenvalue weighted by molar-refractivity contribution is 7.16. The molecule has 0 unspecified atom stereocenters. The van der Waals surface area contributed by atoms with Gasteiger partial charge in [-0.3, -0.25) is 0 Å². The van der Waals surface area contributed by atoms with Gasteiger partial charge in [0.25, 0.3) is 0 Å². The predicted octanol–water partition coefficient (Wildman–Crippen LogP) is 1.45. The van der Waals surface area contributed by atoms with Crippen molar-refractivity contribution in [2.45, 2.75) is 0 Å². The highest BCUT2D eigenvalue weighted by atomic mass is 32.1. The van der Waals surface area contributed by atoms with E-state index in [9.17, 15) is 4.79 Å². The third kappa shape index (κ3) is 1.27. The molecular formula is C8H7NO3S. The summed E-state index contributed by atoms with van der Waals surface area (Å²) in [6, 6.07) is 3.28. The Kier molecular flexibility index (Phi) is 1.73. The number of nitrogen functional groups attached to an aromatic ring is 1. The van der Waals surface area contributed by atoms with Crippen molar-refractivity contribution in [3.8, 4) is 5.75 Å². The second kappa shape index (κ2) is 2.77. The van der Waals surface area contributed by atoms with Gasteiger partial charge in [0.2, 0.25) is 0 Å². The monoisotopic (exact) mass is 197 g/mol. The Bertz CT molecular complexity index is 500. The van der Waals surface area contributed by atoms with Crippen LogP contribution in [0.2, 0.25) is 0 Å². The Hall–Kier alpha value is -1.49. The van der Waals surface area contributed by atoms with E-state index >= 15 is 0 Å². The molecule has 0 saturated heterocycles. The van der Waals surface area contributed by atoms with Crippen molar-refractivity contribution < 1.29 is 9.15 Å². The number of rotatable bonds is 1. The van der Waals surface area contributed by atoms with E-state index in [1.165, 1.54) is 7.11 Å². The molecule has 13 heavy (non-hydrogen) atoms. The first kappa shape index (κ1) is 8.12. The summed E-state index contributed by atoms with van der Waals surface area (Å²) >= 11 is 1.03. The van der Waals surface area contributed by atoms with Gasteiger partial charge >= 0.3 is 4.94 Å². The molecule has 0 aliphatic rings. The Balaban J connectivity index is 2.80. The number of benzene rings is 1. The fourth-order valence-electron chi connectivity index (χ4n) is 1.09. The van der Waals surface area contributed by atoms with Gasteiger partial charge < -0.3 is 14.9 Å². The molecule has 0 fully saturated rings. The summed E-state index contributed by atoms with van der Waals surface area (Å²) < 4.78 is 10.6. The van der Waals surface area contributed by atoms with Crippen molar-refractivity contribution in [2.24, 2.45) is 0 Å². The van der Waals surface area contributed by atoms with Crippen LogP contribution < -0.4 is 15.4 Å². The third-order valence-electron chi connectivity index (χ3n) is 1.68. The average molecular weight is 197 g/mol. The SMILES string of the molecule is COc1cc2sc(=O)oc2cc1N. The van der Waals surface area contributed by atoms with Crippen molar-refractivity contribution >= 4 is 27.3 Å². The predicted molar refractivity (Wildman–Crippen MR) is 51.3 cm³/mol. The van der Waals surface area contributed by atoms with Crippen LogP contribution in [0.25, 0.3) is 10.3 Å². The summed E-state index contributed by atoms with van der Waals surface area (Å²) in [4.78, 5) is 10.5. The minimum Gasteiger partial charge on any atom is -0.495 e. The molecule has 4 nitrogen and oxygen atoms in total. The third-order valence-corrected chi connectivity index (χ3v) is 2.47. The summed E-state index contributed by atoms with van der Waals surface area (Å²) in [5, 5.41) is 0. The summed E-state index contributed by atoms with van der Waals surface area (Å²) in [6.45, 7) is 0. The van der Waals surface area contributed by atoms with Crippen LogP contribution >= 0.6 is 11.3 Å². The quantitative estimate of drug-likeness (QED) is 0.702. The van der Waals surface area contributed by atoms with Crippen molar-refractivity contribution in [1.29, 1.82) is 0 Å². The van der Waals surface area contributed by atoms with E-state index < -0.39 is 0 Å². The fourth-order valence-corrected chi connectivity index (χ4v) is 1.77. The molecule has 0 aliphatic carbocycles. The van der Waals surface area contributed by atoms with E-state index in [1.54, 1.807) is 12.1 Å². The van der Waals surface area contributed by atoms with Gasteiger partial charge in [-0.25, -0.2) is 4.79 Å². The molecule has 0 atom stereocenters. The molecule has 2 N–H and O–H groups in total. The standard InChI is InChI=1S/C8H7NO3S/c1-11-5-3-7-6(2-4(5)9)12-8(10)13-7/h2-3H,9H2,1H3. The lowest BCUT2D eigenvalue weighted by Crippen LogP contribution is -1.90. The van der Waals surface area contributed by atoms with Gasteiger partial charge in [-0.15, -0.1) is 0 Å². The molecule has 68 valence electrons. The lowest BCUT2D eigenvalue weighted by atomic mass is 10.3. The molecule has 5 heteroatoms. The number of hydrogen-bond donors (Lipinski definition) is 1. The molecule has 0 radical (unpaired) electrons. The van der Waals surface area contributed by atoms with Gasteiger partial charge in [0.05, 0.1) is 17.5 Å². The van der Waals surface area contributed by atoms with E-state index in [1.807, 2.05) is 0 Å². The highest BCUT2D eigenvalue weighted by Crippen LogP contribution is 2.28. The van der Waals surface area contributed by atoms with Crippen LogP contribution in [0.4, 0.5) is 5.69 Å². The summed E-state index contributed by atoms with van der Waals surface area (Å²) in [5.41, 5.74) is 6.60. The van der Waals surface area contributed by atoms with Gasteiger partial charge in [0.1, 0.15) is 5.75 Å². The zero-order valence-electron chi connectivity index (χ0n) is 6.87. The molecule has 0 amide bonds. The van der Waals surface area contributed by atoms with Crippen LogP contribution in [0.1, 0.15) is 0 Å². The van der Waals surface area contributed by atoms with E-state index in [2.05, 4.69) is 0 Å². The fraction of sp³-hybridized carbons (Fsp3) is 0.125. The first-order valence-corrected chi connectivity index (χ1v) is 4.39. The molecule has 0 saturated carbocycles. The minimum absolute atomic E-state index is 0.331. The Morgan fingerprint density at radius 2 is 2.31 bits per heavy atom. The number of anilines is 1. The van der Waals surface area contributed by atoms with Crippen molar-refractivity contribution in [3.63, 3.8) is 0 Å². The molecule has 2 aromatic rings. The van der Waals surface area contributed by atoms with Crippen LogP contribution in [0.5, 0.6) is 5.75 Å². The first-order valence-electron chi connectivity index (χ1n) is 3.58. The number of fused-ring (bicyclic) bond motifs is 1. The maximum absolute atomic E-state index is 10.9. The number of nitrogens with two attached hydrogens (primary N) is 1. The van der Waals surface area contributed by atoms with Crippen LogP contribution in [0.15, 0.2) is 21.3 Å². The summed E-state index contributed by atoms with van der Waals surface area (Å²) in [7, 11) is 1.53. The van der Waals surface area contributed by atoms with Crippen LogP contribution in [0.3, 0.4) is 0 Å². The van der Waals surface area contributed by atoms with Crippen LogP contribution in [-0.4, -0.2) is 7.11 Å². The second-order valence-electron chi connectivity index (χ2n) is 2.50. The molecule has 0 bridgehead atoms. The number of ether oxygens (including phenoxy) is 1. The minimum atomic E-state index is -0.331. The zero-order chi connectivity index (χ0) is 9.42. The molecule has 1 aromatic heterocycles. The smallest absolute Gasteiger partial charge is 0.396 e. The van der Waals surface area contributed by atoms with E-state index in [-0.39, 0.29) is 4.94 Å². The lowest BCUT2D eigenvalue weighted by molar-refractivity contribution is 0.417. The van der Waals surface area contributed by atoms with E-state index in [4.69, 9.17) is 14.9 Å². The summed E-state index contributed by atoms with van der Waals surface area (Å²) in [5.74, 6) is 0.560. The van der Waals surface area contributed by atoms with Crippen molar-refractivity contribution in [3.05, 3.63) is 21.9 Å². The maximum atomic E-state index is 10.9. The Morgan fingerprint density at radius 1 is 1.54 bits per heavy atom. The Labute approximate surface area is 77.5 Å². The van der Waals surface area contributed by atoms with Gasteiger partial charge in [-0.2, -0.15) is 0 Å². The van der Waals surface area contributed by atoms with Gasteiger partial charge in [-0.05, 0) is 0 Å². The van der Waals surface area contributed by atoms with Crippen molar-refractivity contribution in [1.82, 2.24) is 0 Å². The normalized spacial score (nSPS) is 10.5. The lowest BCUT2D eigenvalue weighted by Gasteiger charge is -2.01. The maximum Gasteiger partial charge on any atom is 0.396 e. The largest absolute Gasteiger partial charge is 0.495 e. The molecule has 0 spiro atoms. The van der Waals surface area contributed by atoms with E-state index in [0.717, 1.165) is 16.0 Å². The number of methoxy groups -OCH3 is 1.